The normalized spacial score (nSPS) is 25.3. The minimum Gasteiger partial charge on any atom is -0.444 e. The van der Waals surface area contributed by atoms with Crippen molar-refractivity contribution in [2.75, 3.05) is 18.1 Å². The highest BCUT2D eigenvalue weighted by Gasteiger charge is 2.39. The van der Waals surface area contributed by atoms with E-state index in [0.717, 1.165) is 47.9 Å². The van der Waals surface area contributed by atoms with Crippen molar-refractivity contribution in [1.82, 2.24) is 4.90 Å². The Morgan fingerprint density at radius 3 is 2.36 bits per heavy atom. The van der Waals surface area contributed by atoms with Crippen molar-refractivity contribution in [2.45, 2.75) is 64.4 Å². The minimum absolute atomic E-state index is 0.271. The summed E-state index contributed by atoms with van der Waals surface area (Å²) in [6.07, 6.45) is 2.04. The average molecular weight is 365 g/mol. The van der Waals surface area contributed by atoms with E-state index in [1.807, 2.05) is 26.8 Å². The maximum atomic E-state index is 12.4. The maximum absolute atomic E-state index is 12.4. The van der Waals surface area contributed by atoms with Gasteiger partial charge in [0.25, 0.3) is 0 Å². The molecule has 3 aliphatic heterocycles. The van der Waals surface area contributed by atoms with Gasteiger partial charge in [-0.1, -0.05) is 11.6 Å². The molecule has 6 heteroatoms. The zero-order chi connectivity index (χ0) is 17.8. The van der Waals surface area contributed by atoms with E-state index in [0.29, 0.717) is 25.2 Å². The molecule has 25 heavy (non-hydrogen) atoms. The Morgan fingerprint density at radius 2 is 1.76 bits per heavy atom. The molecular weight excluding hydrogens is 340 g/mol. The Bertz CT molecular complexity index is 685. The molecule has 2 bridgehead atoms. The number of halogens is 1. The van der Waals surface area contributed by atoms with Crippen molar-refractivity contribution in [3.8, 4) is 0 Å². The second-order valence-corrected chi connectivity index (χ2v) is 8.65. The fourth-order valence-electron chi connectivity index (χ4n) is 4.08. The van der Waals surface area contributed by atoms with E-state index < -0.39 is 5.60 Å². The van der Waals surface area contributed by atoms with Crippen LogP contribution >= 0.6 is 11.6 Å². The summed E-state index contributed by atoms with van der Waals surface area (Å²) in [5.74, 6) is 0. The lowest BCUT2D eigenvalue weighted by molar-refractivity contribution is 0.0242. The van der Waals surface area contributed by atoms with Crippen LogP contribution in [0.15, 0.2) is 12.1 Å². The van der Waals surface area contributed by atoms with Crippen LogP contribution in [-0.4, -0.2) is 41.9 Å². The van der Waals surface area contributed by atoms with Crippen LogP contribution in [-0.2, 0) is 22.6 Å². The van der Waals surface area contributed by atoms with E-state index >= 15 is 0 Å². The number of amides is 1. The largest absolute Gasteiger partial charge is 0.444 e. The van der Waals surface area contributed by atoms with Gasteiger partial charge in [-0.25, -0.2) is 4.79 Å². The van der Waals surface area contributed by atoms with Gasteiger partial charge < -0.3 is 14.4 Å². The summed E-state index contributed by atoms with van der Waals surface area (Å²) in [4.78, 5) is 16.5. The van der Waals surface area contributed by atoms with Crippen molar-refractivity contribution < 1.29 is 14.3 Å². The number of benzene rings is 1. The van der Waals surface area contributed by atoms with Crippen LogP contribution < -0.4 is 4.90 Å². The number of fused-ring (bicyclic) bond motifs is 3. The van der Waals surface area contributed by atoms with E-state index in [9.17, 15) is 4.79 Å². The Morgan fingerprint density at radius 1 is 1.16 bits per heavy atom. The second kappa shape index (κ2) is 6.06. The van der Waals surface area contributed by atoms with Crippen molar-refractivity contribution in [3.63, 3.8) is 0 Å². The topological polar surface area (TPSA) is 42.0 Å². The van der Waals surface area contributed by atoms with Gasteiger partial charge >= 0.3 is 6.09 Å². The number of hydrogen-bond donors (Lipinski definition) is 0. The summed E-state index contributed by atoms with van der Waals surface area (Å²) in [7, 11) is 0. The summed E-state index contributed by atoms with van der Waals surface area (Å²) in [6.45, 7) is 8.34. The molecule has 2 saturated heterocycles. The molecule has 0 spiro atoms. The monoisotopic (exact) mass is 364 g/mol. The molecule has 1 amide bonds. The quantitative estimate of drug-likeness (QED) is 0.756. The fourth-order valence-corrected chi connectivity index (χ4v) is 4.37. The highest BCUT2D eigenvalue weighted by molar-refractivity contribution is 6.33. The highest BCUT2D eigenvalue weighted by Crippen LogP contribution is 2.41. The number of carbonyl (C=O) groups excluding carboxylic acids is 1. The number of hydrogen-bond acceptors (Lipinski definition) is 4. The van der Waals surface area contributed by atoms with Crippen molar-refractivity contribution in [2.24, 2.45) is 0 Å². The molecule has 2 fully saturated rings. The standard InChI is InChI=1S/C19H25ClN2O3/c1-19(2,3)25-18(23)21-8-12-6-16(20)17(7-13(12)9-21)22-14-4-5-15(22)11-24-10-14/h6-7,14-15H,4-5,8-11H2,1-3H3. The van der Waals surface area contributed by atoms with Gasteiger partial charge in [0, 0.05) is 13.1 Å². The predicted molar refractivity (Wildman–Crippen MR) is 97.0 cm³/mol. The smallest absolute Gasteiger partial charge is 0.410 e. The lowest BCUT2D eigenvalue weighted by Gasteiger charge is -2.37. The first kappa shape index (κ1) is 17.0. The molecule has 0 saturated carbocycles. The summed E-state index contributed by atoms with van der Waals surface area (Å²) >= 11 is 6.62. The van der Waals surface area contributed by atoms with Crippen molar-refractivity contribution >= 4 is 23.4 Å². The van der Waals surface area contributed by atoms with Crippen molar-refractivity contribution in [3.05, 3.63) is 28.3 Å². The number of morpholine rings is 1. The molecule has 0 N–H and O–H groups in total. The van der Waals surface area contributed by atoms with Crippen LogP contribution in [0.5, 0.6) is 0 Å². The van der Waals surface area contributed by atoms with Gasteiger partial charge in [0.05, 0.1) is 36.0 Å². The number of rotatable bonds is 1. The van der Waals surface area contributed by atoms with E-state index in [1.54, 1.807) is 4.90 Å². The molecule has 0 aliphatic carbocycles. The fraction of sp³-hybridized carbons (Fsp3) is 0.632. The van der Waals surface area contributed by atoms with E-state index in [4.69, 9.17) is 21.1 Å². The first-order valence-corrected chi connectivity index (χ1v) is 9.35. The highest BCUT2D eigenvalue weighted by atomic mass is 35.5. The van der Waals surface area contributed by atoms with Crippen LogP contribution in [0.3, 0.4) is 0 Å². The molecule has 4 rings (SSSR count). The lowest BCUT2D eigenvalue weighted by atomic mass is 10.1. The molecule has 0 aromatic heterocycles. The van der Waals surface area contributed by atoms with E-state index in [1.165, 1.54) is 0 Å². The molecule has 5 nitrogen and oxygen atoms in total. The third-order valence-corrected chi connectivity index (χ3v) is 5.46. The molecule has 1 aromatic carbocycles. The summed E-state index contributed by atoms with van der Waals surface area (Å²) in [6, 6.07) is 5.01. The maximum Gasteiger partial charge on any atom is 0.410 e. The van der Waals surface area contributed by atoms with Gasteiger partial charge in [-0.2, -0.15) is 0 Å². The van der Waals surface area contributed by atoms with Crippen LogP contribution in [0.1, 0.15) is 44.7 Å². The van der Waals surface area contributed by atoms with Crippen LogP contribution in [0.2, 0.25) is 5.02 Å². The first-order valence-electron chi connectivity index (χ1n) is 8.97. The molecule has 3 aliphatic rings. The summed E-state index contributed by atoms with van der Waals surface area (Å²) in [5, 5.41) is 0.767. The Labute approximate surface area is 153 Å². The van der Waals surface area contributed by atoms with Gasteiger partial charge in [-0.3, -0.25) is 4.90 Å². The van der Waals surface area contributed by atoms with Crippen LogP contribution in [0.4, 0.5) is 10.5 Å². The summed E-state index contributed by atoms with van der Waals surface area (Å²) < 4.78 is 11.2. The van der Waals surface area contributed by atoms with Gasteiger partial charge in [0.2, 0.25) is 0 Å². The number of nitrogens with zero attached hydrogens (tertiary/aromatic N) is 2. The van der Waals surface area contributed by atoms with Crippen LogP contribution in [0.25, 0.3) is 0 Å². The molecule has 2 unspecified atom stereocenters. The third-order valence-electron chi connectivity index (χ3n) is 5.16. The predicted octanol–water partition coefficient (Wildman–Crippen LogP) is 3.96. The Kier molecular flexibility index (Phi) is 4.12. The number of anilines is 1. The van der Waals surface area contributed by atoms with Gasteiger partial charge in [0.15, 0.2) is 0 Å². The van der Waals surface area contributed by atoms with Crippen molar-refractivity contribution in [1.29, 1.82) is 0 Å². The SMILES string of the molecule is CC(C)(C)OC(=O)N1Cc2cc(Cl)c(N3C4CCC3COC4)cc2C1. The molecular formula is C19H25ClN2O3. The van der Waals surface area contributed by atoms with Gasteiger partial charge in [-0.05, 0) is 56.9 Å². The molecule has 0 radical (unpaired) electrons. The number of ether oxygens (including phenoxy) is 2. The first-order chi connectivity index (χ1) is 11.8. The zero-order valence-corrected chi connectivity index (χ0v) is 15.8. The molecule has 3 heterocycles. The van der Waals surface area contributed by atoms with Gasteiger partial charge in [-0.15, -0.1) is 0 Å². The van der Waals surface area contributed by atoms with E-state index in [-0.39, 0.29) is 6.09 Å². The van der Waals surface area contributed by atoms with Gasteiger partial charge in [0.1, 0.15) is 5.60 Å². The Hall–Kier alpha value is -1.46. The lowest BCUT2D eigenvalue weighted by Crippen LogP contribution is -2.46. The van der Waals surface area contributed by atoms with E-state index in [2.05, 4.69) is 11.0 Å². The molecule has 2 atom stereocenters. The zero-order valence-electron chi connectivity index (χ0n) is 15.0. The Balaban J connectivity index is 1.56. The second-order valence-electron chi connectivity index (χ2n) is 8.24. The molecule has 136 valence electrons. The number of carbonyl (C=O) groups is 1. The minimum atomic E-state index is -0.484. The average Bonchev–Trinajstić information content (AvgIpc) is 3.02. The third kappa shape index (κ3) is 3.20. The van der Waals surface area contributed by atoms with Crippen LogP contribution in [0, 0.1) is 0 Å². The molecule has 1 aromatic rings. The summed E-state index contributed by atoms with van der Waals surface area (Å²) in [5.41, 5.74) is 2.88.